The molecule has 1 aromatic carbocycles. The summed E-state index contributed by atoms with van der Waals surface area (Å²) in [5, 5.41) is -0.572. The maximum atomic E-state index is 13.1. The Hall–Kier alpha value is -1.60. The maximum Gasteiger partial charge on any atom is 0.309 e. The van der Waals surface area contributed by atoms with Gasteiger partial charge in [-0.2, -0.15) is 0 Å². The van der Waals surface area contributed by atoms with Gasteiger partial charge in [-0.15, -0.1) is 0 Å². The maximum absolute atomic E-state index is 13.1. The largest absolute Gasteiger partial charge is 0.466 e. The summed E-state index contributed by atoms with van der Waals surface area (Å²) < 4.78 is 37.0. The summed E-state index contributed by atoms with van der Waals surface area (Å²) in [5.41, 5.74) is 0.277. The highest BCUT2D eigenvalue weighted by molar-refractivity contribution is 7.92. The van der Waals surface area contributed by atoms with Gasteiger partial charge in [-0.05, 0) is 31.9 Å². The van der Waals surface area contributed by atoms with Crippen LogP contribution >= 0.6 is 11.6 Å². The van der Waals surface area contributed by atoms with E-state index in [0.717, 1.165) is 0 Å². The van der Waals surface area contributed by atoms with E-state index in [0.29, 0.717) is 11.4 Å². The highest BCUT2D eigenvalue weighted by Crippen LogP contribution is 2.42. The van der Waals surface area contributed by atoms with E-state index in [2.05, 4.69) is 4.98 Å². The summed E-state index contributed by atoms with van der Waals surface area (Å²) in [7, 11) is -3.75. The van der Waals surface area contributed by atoms with E-state index < -0.39 is 15.1 Å². The first kappa shape index (κ1) is 19.2. The molecule has 0 saturated heterocycles. The highest BCUT2D eigenvalue weighted by Gasteiger charge is 2.45. The van der Waals surface area contributed by atoms with Crippen molar-refractivity contribution in [1.29, 1.82) is 0 Å². The van der Waals surface area contributed by atoms with Crippen LogP contribution in [0.4, 0.5) is 0 Å². The predicted molar refractivity (Wildman–Crippen MR) is 98.0 cm³/mol. The summed E-state index contributed by atoms with van der Waals surface area (Å²) in [6, 6.07) is 3.17. The quantitative estimate of drug-likeness (QED) is 0.725. The van der Waals surface area contributed by atoms with Crippen molar-refractivity contribution >= 4 is 38.5 Å². The van der Waals surface area contributed by atoms with Crippen LogP contribution in [0.5, 0.6) is 0 Å². The second-order valence-corrected chi connectivity index (χ2v) is 10.2. The summed E-state index contributed by atoms with van der Waals surface area (Å²) in [6.07, 6.45) is 0.461. The molecule has 1 aliphatic carbocycles. The minimum atomic E-state index is -3.75. The van der Waals surface area contributed by atoms with Crippen LogP contribution in [0, 0.1) is 5.92 Å². The molecule has 1 saturated carbocycles. The zero-order chi connectivity index (χ0) is 19.3. The van der Waals surface area contributed by atoms with Crippen molar-refractivity contribution in [3.63, 3.8) is 0 Å². The number of benzene rings is 1. The van der Waals surface area contributed by atoms with Crippen LogP contribution in [0.3, 0.4) is 0 Å². The third-order valence-corrected chi connectivity index (χ3v) is 7.21. The molecule has 1 fully saturated rings. The van der Waals surface area contributed by atoms with Gasteiger partial charge in [-0.1, -0.05) is 32.4 Å². The summed E-state index contributed by atoms with van der Waals surface area (Å²) in [5.74, 6) is -0.283. The molecule has 2 aromatic rings. The van der Waals surface area contributed by atoms with Crippen molar-refractivity contribution in [1.82, 2.24) is 4.98 Å². The fraction of sp³-hybridized carbons (Fsp3) is 0.556. The van der Waals surface area contributed by atoms with E-state index in [1.807, 2.05) is 20.8 Å². The molecular formula is C18H22ClNO5S. The van der Waals surface area contributed by atoms with Crippen molar-refractivity contribution in [3.05, 3.63) is 23.0 Å². The third kappa shape index (κ3) is 3.22. The van der Waals surface area contributed by atoms with Gasteiger partial charge in [0.05, 0.1) is 22.8 Å². The average molecular weight is 400 g/mol. The van der Waals surface area contributed by atoms with Gasteiger partial charge in [0.2, 0.25) is 5.89 Å². The van der Waals surface area contributed by atoms with Crippen molar-refractivity contribution in [2.75, 3.05) is 6.61 Å². The van der Waals surface area contributed by atoms with Crippen molar-refractivity contribution in [2.24, 2.45) is 5.92 Å². The van der Waals surface area contributed by atoms with Gasteiger partial charge in [0.15, 0.2) is 15.4 Å². The van der Waals surface area contributed by atoms with Crippen molar-refractivity contribution < 1.29 is 22.4 Å². The smallest absolute Gasteiger partial charge is 0.309 e. The number of hydrogen-bond acceptors (Lipinski definition) is 6. The van der Waals surface area contributed by atoms with E-state index in [1.165, 1.54) is 6.07 Å². The van der Waals surface area contributed by atoms with Crippen LogP contribution in [0.1, 0.15) is 46.4 Å². The molecule has 0 unspecified atom stereocenters. The Morgan fingerprint density at radius 3 is 2.58 bits per heavy atom. The van der Waals surface area contributed by atoms with Crippen LogP contribution in [-0.2, 0) is 24.8 Å². The number of hydrogen-bond donors (Lipinski definition) is 0. The number of carbonyl (C=O) groups is 1. The lowest BCUT2D eigenvalue weighted by Crippen LogP contribution is -2.40. The van der Waals surface area contributed by atoms with Gasteiger partial charge in [-0.25, -0.2) is 13.4 Å². The van der Waals surface area contributed by atoms with Crippen LogP contribution in [0.25, 0.3) is 11.1 Å². The number of oxazole rings is 1. The Kier molecular flexibility index (Phi) is 4.82. The van der Waals surface area contributed by atoms with E-state index in [1.54, 1.807) is 13.0 Å². The summed E-state index contributed by atoms with van der Waals surface area (Å²) in [4.78, 5) is 16.1. The molecule has 0 spiro atoms. The number of halogens is 1. The number of nitrogens with zero attached hydrogens (tertiary/aromatic N) is 1. The molecule has 26 heavy (non-hydrogen) atoms. The van der Waals surface area contributed by atoms with Crippen LogP contribution in [-0.4, -0.2) is 31.2 Å². The van der Waals surface area contributed by atoms with Crippen molar-refractivity contribution in [3.8, 4) is 0 Å². The molecule has 1 aliphatic rings. The molecule has 142 valence electrons. The Bertz CT molecular complexity index is 952. The minimum Gasteiger partial charge on any atom is -0.466 e. The Labute approximate surface area is 157 Å². The predicted octanol–water partition coefficient (Wildman–Crippen LogP) is 3.89. The second kappa shape index (κ2) is 6.53. The number of aromatic nitrogens is 1. The van der Waals surface area contributed by atoms with E-state index in [9.17, 15) is 13.2 Å². The van der Waals surface area contributed by atoms with E-state index >= 15 is 0 Å². The fourth-order valence-corrected chi connectivity index (χ4v) is 5.49. The number of sulfone groups is 1. The van der Waals surface area contributed by atoms with Crippen molar-refractivity contribution in [2.45, 2.75) is 56.1 Å². The number of carbonyl (C=O) groups excluding carboxylic acids is 1. The molecule has 0 atom stereocenters. The first-order chi connectivity index (χ1) is 12.1. The van der Waals surface area contributed by atoms with Crippen LogP contribution < -0.4 is 0 Å². The summed E-state index contributed by atoms with van der Waals surface area (Å²) >= 11 is 6.23. The van der Waals surface area contributed by atoms with Gasteiger partial charge in [0.25, 0.3) is 0 Å². The average Bonchev–Trinajstić information content (AvgIpc) is 2.88. The highest BCUT2D eigenvalue weighted by atomic mass is 35.5. The molecule has 6 nitrogen and oxygen atoms in total. The third-order valence-electron chi connectivity index (χ3n) is 4.54. The molecule has 0 radical (unpaired) electrons. The first-order valence-corrected chi connectivity index (χ1v) is 10.5. The van der Waals surface area contributed by atoms with Gasteiger partial charge in [0, 0.05) is 5.41 Å². The Morgan fingerprint density at radius 1 is 1.35 bits per heavy atom. The molecule has 0 aliphatic heterocycles. The van der Waals surface area contributed by atoms with E-state index in [4.69, 9.17) is 20.8 Å². The molecule has 0 bridgehead atoms. The molecule has 1 aromatic heterocycles. The molecule has 0 N–H and O–H groups in total. The molecular weight excluding hydrogens is 378 g/mol. The molecule has 0 amide bonds. The molecule has 8 heteroatoms. The van der Waals surface area contributed by atoms with Gasteiger partial charge in [-0.3, -0.25) is 4.79 Å². The normalized spacial score (nSPS) is 20.8. The molecule has 3 rings (SSSR count). The minimum absolute atomic E-state index is 0.0352. The first-order valence-electron chi connectivity index (χ1n) is 8.55. The monoisotopic (exact) mass is 399 g/mol. The lowest BCUT2D eigenvalue weighted by Gasteiger charge is -2.33. The Morgan fingerprint density at radius 2 is 2.00 bits per heavy atom. The lowest BCUT2D eigenvalue weighted by atomic mass is 9.85. The Balaban J connectivity index is 1.98. The van der Waals surface area contributed by atoms with Crippen LogP contribution in [0.2, 0.25) is 5.02 Å². The number of ether oxygens (including phenoxy) is 1. The fourth-order valence-electron chi connectivity index (χ4n) is 2.97. The summed E-state index contributed by atoms with van der Waals surface area (Å²) in [6.45, 7) is 7.81. The standard InChI is InChI=1S/C18H22ClNO5S/c1-5-24-16(21)10-8-11(9-10)26(22,23)15-12(19)6-7-13-14(15)25-17(20-13)18(2,3)4/h6-7,10-11H,5,8-9H2,1-4H3/t10-,11-. The van der Waals surface area contributed by atoms with Gasteiger partial charge in [0.1, 0.15) is 10.4 Å². The van der Waals surface area contributed by atoms with Crippen LogP contribution in [0.15, 0.2) is 21.4 Å². The zero-order valence-corrected chi connectivity index (χ0v) is 16.8. The topological polar surface area (TPSA) is 86.5 Å². The van der Waals surface area contributed by atoms with Gasteiger partial charge >= 0.3 is 5.97 Å². The van der Waals surface area contributed by atoms with E-state index in [-0.39, 0.29) is 52.3 Å². The zero-order valence-electron chi connectivity index (χ0n) is 15.2. The SMILES string of the molecule is CCOC(=O)[C@H]1C[C@H](S(=O)(=O)c2c(Cl)ccc3nc(C(C)(C)C)oc23)C1. The second-order valence-electron chi connectivity index (χ2n) is 7.58. The number of rotatable bonds is 4. The van der Waals surface area contributed by atoms with Gasteiger partial charge < -0.3 is 9.15 Å². The molecule has 1 heterocycles. The number of esters is 1. The number of fused-ring (bicyclic) bond motifs is 1. The lowest BCUT2D eigenvalue weighted by molar-refractivity contribution is -0.150.